The van der Waals surface area contributed by atoms with Crippen LogP contribution in [0.2, 0.25) is 0 Å². The molecule has 19 heavy (non-hydrogen) atoms. The molecule has 1 aromatic rings. The van der Waals surface area contributed by atoms with Gasteiger partial charge >= 0.3 is 5.97 Å². The quantitative estimate of drug-likeness (QED) is 0.461. The fourth-order valence-electron chi connectivity index (χ4n) is 2.38. The maximum Gasteiger partial charge on any atom is 0.311 e. The van der Waals surface area contributed by atoms with Crippen LogP contribution in [0.5, 0.6) is 0 Å². The predicted octanol–water partition coefficient (Wildman–Crippen LogP) is 1.27. The van der Waals surface area contributed by atoms with Crippen molar-refractivity contribution in [3.05, 3.63) is 61.2 Å². The zero-order valence-corrected chi connectivity index (χ0v) is 11.0. The molecule has 0 saturated heterocycles. The standard InChI is InChI=1S/C15H20O4/c1-4-13(5-2,6-3)14(16,15(17,18)19)12-10-8-7-9-11-12/h4-5,7-11,16-19H,1-2,6H2,3H3. The average Bonchev–Trinajstić information content (AvgIpc) is 2.40. The zero-order chi connectivity index (χ0) is 14.7. The van der Waals surface area contributed by atoms with Crippen molar-refractivity contribution in [2.45, 2.75) is 24.9 Å². The smallest absolute Gasteiger partial charge is 0.311 e. The van der Waals surface area contributed by atoms with Crippen molar-refractivity contribution < 1.29 is 20.4 Å². The normalized spacial score (nSPS) is 15.6. The molecule has 0 saturated carbocycles. The van der Waals surface area contributed by atoms with Crippen molar-refractivity contribution in [2.75, 3.05) is 0 Å². The van der Waals surface area contributed by atoms with E-state index in [2.05, 4.69) is 13.2 Å². The summed E-state index contributed by atoms with van der Waals surface area (Å²) in [5.41, 5.74) is -3.52. The third-order valence-corrected chi connectivity index (χ3v) is 3.66. The molecule has 0 aliphatic heterocycles. The highest BCUT2D eigenvalue weighted by Crippen LogP contribution is 2.49. The third kappa shape index (κ3) is 2.24. The lowest BCUT2D eigenvalue weighted by molar-refractivity contribution is -0.413. The molecule has 4 N–H and O–H groups in total. The Morgan fingerprint density at radius 3 is 1.79 bits per heavy atom. The van der Waals surface area contributed by atoms with Crippen molar-refractivity contribution in [3.8, 4) is 0 Å². The Labute approximate surface area is 113 Å². The van der Waals surface area contributed by atoms with Gasteiger partial charge in [-0.1, -0.05) is 49.4 Å². The van der Waals surface area contributed by atoms with Crippen molar-refractivity contribution in [3.63, 3.8) is 0 Å². The predicted molar refractivity (Wildman–Crippen MR) is 72.8 cm³/mol. The summed E-state index contributed by atoms with van der Waals surface area (Å²) in [6, 6.07) is 7.95. The highest BCUT2D eigenvalue weighted by molar-refractivity contribution is 5.32. The van der Waals surface area contributed by atoms with Crippen LogP contribution >= 0.6 is 0 Å². The largest absolute Gasteiger partial charge is 0.376 e. The molecule has 4 nitrogen and oxygen atoms in total. The number of benzene rings is 1. The Morgan fingerprint density at radius 1 is 1.00 bits per heavy atom. The van der Waals surface area contributed by atoms with Crippen molar-refractivity contribution in [2.24, 2.45) is 5.41 Å². The Balaban J connectivity index is 3.63. The van der Waals surface area contributed by atoms with Gasteiger partial charge in [0.2, 0.25) is 0 Å². The van der Waals surface area contributed by atoms with Gasteiger partial charge in [0.25, 0.3) is 0 Å². The maximum absolute atomic E-state index is 10.8. The molecule has 0 aliphatic carbocycles. The summed E-state index contributed by atoms with van der Waals surface area (Å²) in [6.07, 6.45) is 2.98. The summed E-state index contributed by atoms with van der Waals surface area (Å²) in [5.74, 6) is -3.34. The van der Waals surface area contributed by atoms with E-state index >= 15 is 0 Å². The highest BCUT2D eigenvalue weighted by atomic mass is 16.7. The minimum Gasteiger partial charge on any atom is -0.376 e. The van der Waals surface area contributed by atoms with Crippen LogP contribution in [-0.4, -0.2) is 26.4 Å². The zero-order valence-electron chi connectivity index (χ0n) is 11.0. The van der Waals surface area contributed by atoms with Gasteiger partial charge in [-0.25, -0.2) is 0 Å². The van der Waals surface area contributed by atoms with Gasteiger partial charge in [0, 0.05) is 5.41 Å². The Bertz CT molecular complexity index is 439. The van der Waals surface area contributed by atoms with Gasteiger partial charge in [0.1, 0.15) is 0 Å². The molecule has 4 heteroatoms. The van der Waals surface area contributed by atoms with E-state index in [9.17, 15) is 20.4 Å². The molecule has 0 amide bonds. The van der Waals surface area contributed by atoms with Crippen molar-refractivity contribution in [1.82, 2.24) is 0 Å². The van der Waals surface area contributed by atoms with Crippen LogP contribution in [0.25, 0.3) is 0 Å². The fraction of sp³-hybridized carbons (Fsp3) is 0.333. The Hall–Kier alpha value is -1.46. The van der Waals surface area contributed by atoms with E-state index in [1.54, 1.807) is 25.1 Å². The van der Waals surface area contributed by atoms with Gasteiger partial charge in [0.05, 0.1) is 0 Å². The molecular weight excluding hydrogens is 244 g/mol. The van der Waals surface area contributed by atoms with Crippen molar-refractivity contribution >= 4 is 0 Å². The summed E-state index contributed by atoms with van der Waals surface area (Å²) in [5, 5.41) is 39.9. The SMILES string of the molecule is C=CC(C=C)(CC)C(O)(c1ccccc1)C(O)(O)O. The number of rotatable bonds is 6. The van der Waals surface area contributed by atoms with Crippen LogP contribution in [0.4, 0.5) is 0 Å². The van der Waals surface area contributed by atoms with E-state index in [4.69, 9.17) is 0 Å². The first kappa shape index (κ1) is 15.6. The minimum absolute atomic E-state index is 0.157. The van der Waals surface area contributed by atoms with E-state index < -0.39 is 17.0 Å². The first-order chi connectivity index (χ1) is 8.79. The van der Waals surface area contributed by atoms with E-state index in [-0.39, 0.29) is 12.0 Å². The highest BCUT2D eigenvalue weighted by Gasteiger charge is 2.60. The Kier molecular flexibility index (Phi) is 4.32. The topological polar surface area (TPSA) is 80.9 Å². The lowest BCUT2D eigenvalue weighted by atomic mass is 9.65. The Morgan fingerprint density at radius 2 is 1.47 bits per heavy atom. The molecule has 0 aromatic heterocycles. The monoisotopic (exact) mass is 264 g/mol. The number of hydrogen-bond acceptors (Lipinski definition) is 4. The lowest BCUT2D eigenvalue weighted by Gasteiger charge is -2.47. The van der Waals surface area contributed by atoms with Gasteiger partial charge in [-0.05, 0) is 12.0 Å². The second-order valence-corrected chi connectivity index (χ2v) is 4.51. The third-order valence-electron chi connectivity index (χ3n) is 3.66. The molecule has 0 radical (unpaired) electrons. The molecule has 1 rings (SSSR count). The molecule has 104 valence electrons. The first-order valence-electron chi connectivity index (χ1n) is 6.01. The van der Waals surface area contributed by atoms with E-state index in [1.807, 2.05) is 0 Å². The lowest BCUT2D eigenvalue weighted by Crippen LogP contribution is -2.60. The van der Waals surface area contributed by atoms with Gasteiger partial charge in [-0.3, -0.25) is 0 Å². The summed E-state index contributed by atoms with van der Waals surface area (Å²) in [7, 11) is 0. The summed E-state index contributed by atoms with van der Waals surface area (Å²) in [4.78, 5) is 0. The van der Waals surface area contributed by atoms with Gasteiger partial charge in [0.15, 0.2) is 5.60 Å². The van der Waals surface area contributed by atoms with Crippen LogP contribution in [0.3, 0.4) is 0 Å². The van der Waals surface area contributed by atoms with Crippen LogP contribution < -0.4 is 0 Å². The second-order valence-electron chi connectivity index (χ2n) is 4.51. The maximum atomic E-state index is 10.8. The van der Waals surface area contributed by atoms with Crippen LogP contribution in [0.15, 0.2) is 55.6 Å². The fourth-order valence-corrected chi connectivity index (χ4v) is 2.38. The molecular formula is C15H20O4. The molecule has 0 aliphatic rings. The summed E-state index contributed by atoms with van der Waals surface area (Å²) < 4.78 is 0. The van der Waals surface area contributed by atoms with Crippen LogP contribution in [0.1, 0.15) is 18.9 Å². The van der Waals surface area contributed by atoms with E-state index in [0.29, 0.717) is 0 Å². The molecule has 1 unspecified atom stereocenters. The second kappa shape index (κ2) is 5.27. The first-order valence-corrected chi connectivity index (χ1v) is 6.01. The van der Waals surface area contributed by atoms with Gasteiger partial charge in [-0.15, -0.1) is 13.2 Å². The molecule has 1 aromatic carbocycles. The van der Waals surface area contributed by atoms with Crippen molar-refractivity contribution in [1.29, 1.82) is 0 Å². The molecule has 0 spiro atoms. The number of aliphatic hydroxyl groups is 4. The minimum atomic E-state index is -3.34. The molecule has 1 atom stereocenters. The van der Waals surface area contributed by atoms with Gasteiger partial charge in [-0.2, -0.15) is 0 Å². The van der Waals surface area contributed by atoms with E-state index in [0.717, 1.165) is 0 Å². The van der Waals surface area contributed by atoms with Crippen LogP contribution in [0, 0.1) is 5.41 Å². The molecule has 0 heterocycles. The number of hydrogen-bond donors (Lipinski definition) is 4. The molecule has 0 fully saturated rings. The summed E-state index contributed by atoms with van der Waals surface area (Å²) in [6.45, 7) is 8.96. The van der Waals surface area contributed by atoms with Gasteiger partial charge < -0.3 is 20.4 Å². The molecule has 0 bridgehead atoms. The average molecular weight is 264 g/mol. The summed E-state index contributed by atoms with van der Waals surface area (Å²) >= 11 is 0. The van der Waals surface area contributed by atoms with E-state index in [1.165, 1.54) is 24.3 Å². The van der Waals surface area contributed by atoms with Crippen LogP contribution in [-0.2, 0) is 5.60 Å².